The molecule has 1 atom stereocenters. The number of hydrogen-bond acceptors (Lipinski definition) is 3. The van der Waals surface area contributed by atoms with Crippen molar-refractivity contribution in [1.29, 1.82) is 0 Å². The Hall–Kier alpha value is -0.610. The highest BCUT2D eigenvalue weighted by Gasteiger charge is 2.21. The van der Waals surface area contributed by atoms with Gasteiger partial charge >= 0.3 is 0 Å². The highest BCUT2D eigenvalue weighted by molar-refractivity contribution is 5.76. The van der Waals surface area contributed by atoms with Crippen molar-refractivity contribution in [3.63, 3.8) is 0 Å². The Bertz CT molecular complexity index is 221. The maximum atomic E-state index is 11.8. The molecule has 0 aliphatic carbocycles. The number of carbonyl (C=O) groups is 1. The predicted molar refractivity (Wildman–Crippen MR) is 64.2 cm³/mol. The summed E-state index contributed by atoms with van der Waals surface area (Å²) >= 11 is 0. The number of aliphatic hydroxyl groups is 1. The lowest BCUT2D eigenvalue weighted by Crippen LogP contribution is -2.50. The lowest BCUT2D eigenvalue weighted by atomic mass is 10.1. The number of piperazine rings is 1. The number of rotatable bonds is 4. The summed E-state index contributed by atoms with van der Waals surface area (Å²) in [4.78, 5) is 16.0. The molecule has 4 heteroatoms. The maximum absolute atomic E-state index is 11.8. The van der Waals surface area contributed by atoms with Crippen LogP contribution in [0.25, 0.3) is 0 Å². The van der Waals surface area contributed by atoms with Crippen molar-refractivity contribution in [2.45, 2.75) is 33.3 Å². The van der Waals surface area contributed by atoms with Crippen molar-refractivity contribution in [2.24, 2.45) is 5.92 Å². The molecule has 0 aromatic heterocycles. The largest absolute Gasteiger partial charge is 0.392 e. The van der Waals surface area contributed by atoms with E-state index in [1.807, 2.05) is 4.90 Å². The first-order valence-corrected chi connectivity index (χ1v) is 6.17. The molecule has 0 aromatic rings. The van der Waals surface area contributed by atoms with Crippen LogP contribution in [-0.4, -0.2) is 59.6 Å². The molecule has 0 radical (unpaired) electrons. The van der Waals surface area contributed by atoms with Gasteiger partial charge in [0.2, 0.25) is 5.91 Å². The van der Waals surface area contributed by atoms with Gasteiger partial charge < -0.3 is 10.0 Å². The molecule has 1 amide bonds. The Morgan fingerprint density at radius 3 is 2.19 bits per heavy atom. The lowest BCUT2D eigenvalue weighted by Gasteiger charge is -2.35. The van der Waals surface area contributed by atoms with Crippen molar-refractivity contribution < 1.29 is 9.90 Å². The number of aliphatic hydroxyl groups excluding tert-OH is 1. The molecule has 94 valence electrons. The average Bonchev–Trinajstić information content (AvgIpc) is 2.16. The van der Waals surface area contributed by atoms with E-state index >= 15 is 0 Å². The van der Waals surface area contributed by atoms with Gasteiger partial charge in [0.15, 0.2) is 0 Å². The van der Waals surface area contributed by atoms with Crippen LogP contribution in [0, 0.1) is 5.92 Å². The Kier molecular flexibility index (Phi) is 5.22. The second-order valence-corrected chi connectivity index (χ2v) is 5.13. The van der Waals surface area contributed by atoms with Gasteiger partial charge in [0.25, 0.3) is 0 Å². The van der Waals surface area contributed by atoms with E-state index in [0.717, 1.165) is 26.2 Å². The minimum atomic E-state index is -0.280. The summed E-state index contributed by atoms with van der Waals surface area (Å²) in [6.45, 7) is 10.0. The maximum Gasteiger partial charge on any atom is 0.222 e. The standard InChI is InChI=1S/C12H24N2O2/c1-10(2)8-12(16)14-6-4-13(5-7-14)9-11(3)15/h10-11,15H,4-9H2,1-3H3. The van der Waals surface area contributed by atoms with Crippen LogP contribution in [0.4, 0.5) is 0 Å². The number of carbonyl (C=O) groups excluding carboxylic acids is 1. The van der Waals surface area contributed by atoms with Gasteiger partial charge in [-0.3, -0.25) is 9.69 Å². The molecule has 1 fully saturated rings. The van der Waals surface area contributed by atoms with Crippen LogP contribution < -0.4 is 0 Å². The summed E-state index contributed by atoms with van der Waals surface area (Å²) in [7, 11) is 0. The van der Waals surface area contributed by atoms with E-state index in [0.29, 0.717) is 18.9 Å². The Morgan fingerprint density at radius 1 is 1.19 bits per heavy atom. The van der Waals surface area contributed by atoms with Gasteiger partial charge in [-0.1, -0.05) is 13.8 Å². The fourth-order valence-electron chi connectivity index (χ4n) is 2.03. The SMILES string of the molecule is CC(C)CC(=O)N1CCN(CC(C)O)CC1. The van der Waals surface area contributed by atoms with E-state index in [1.54, 1.807) is 6.92 Å². The van der Waals surface area contributed by atoms with Crippen LogP contribution in [0.3, 0.4) is 0 Å². The van der Waals surface area contributed by atoms with Crippen LogP contribution in [0.5, 0.6) is 0 Å². The molecule has 0 bridgehead atoms. The highest BCUT2D eigenvalue weighted by Crippen LogP contribution is 2.08. The first-order chi connectivity index (χ1) is 7.49. The summed E-state index contributed by atoms with van der Waals surface area (Å²) in [6.07, 6.45) is 0.370. The van der Waals surface area contributed by atoms with Crippen LogP contribution >= 0.6 is 0 Å². The van der Waals surface area contributed by atoms with E-state index in [2.05, 4.69) is 18.7 Å². The molecule has 1 aliphatic heterocycles. The number of amides is 1. The molecular weight excluding hydrogens is 204 g/mol. The van der Waals surface area contributed by atoms with Gasteiger partial charge in [0.1, 0.15) is 0 Å². The normalized spacial score (nSPS) is 20.2. The van der Waals surface area contributed by atoms with Crippen LogP contribution in [-0.2, 0) is 4.79 Å². The lowest BCUT2D eigenvalue weighted by molar-refractivity contribution is -0.133. The number of nitrogens with zero attached hydrogens (tertiary/aromatic N) is 2. The molecular formula is C12H24N2O2. The molecule has 1 saturated heterocycles. The number of hydrogen-bond donors (Lipinski definition) is 1. The Labute approximate surface area is 98.2 Å². The third kappa shape index (κ3) is 4.49. The van der Waals surface area contributed by atoms with E-state index in [9.17, 15) is 9.90 Å². The average molecular weight is 228 g/mol. The molecule has 0 spiro atoms. The van der Waals surface area contributed by atoms with Crippen LogP contribution in [0.15, 0.2) is 0 Å². The van der Waals surface area contributed by atoms with Crippen molar-refractivity contribution in [2.75, 3.05) is 32.7 Å². The zero-order chi connectivity index (χ0) is 12.1. The van der Waals surface area contributed by atoms with Gasteiger partial charge in [-0.2, -0.15) is 0 Å². The zero-order valence-electron chi connectivity index (χ0n) is 10.6. The van der Waals surface area contributed by atoms with Crippen molar-refractivity contribution in [3.05, 3.63) is 0 Å². The van der Waals surface area contributed by atoms with Crippen molar-refractivity contribution in [1.82, 2.24) is 9.80 Å². The Balaban J connectivity index is 2.28. The smallest absolute Gasteiger partial charge is 0.222 e. The van der Waals surface area contributed by atoms with E-state index in [4.69, 9.17) is 0 Å². The monoisotopic (exact) mass is 228 g/mol. The van der Waals surface area contributed by atoms with Gasteiger partial charge in [-0.05, 0) is 12.8 Å². The second kappa shape index (κ2) is 6.21. The van der Waals surface area contributed by atoms with E-state index in [1.165, 1.54) is 0 Å². The number of β-amino-alcohol motifs (C(OH)–C–C–N with tert-alkyl or cyclic N) is 1. The molecule has 4 nitrogen and oxygen atoms in total. The quantitative estimate of drug-likeness (QED) is 0.764. The van der Waals surface area contributed by atoms with Crippen LogP contribution in [0.2, 0.25) is 0 Å². The summed E-state index contributed by atoms with van der Waals surface area (Å²) in [5, 5.41) is 9.28. The summed E-state index contributed by atoms with van der Waals surface area (Å²) < 4.78 is 0. The van der Waals surface area contributed by atoms with Crippen LogP contribution in [0.1, 0.15) is 27.2 Å². The molecule has 1 heterocycles. The third-order valence-corrected chi connectivity index (χ3v) is 2.83. The van der Waals surface area contributed by atoms with Gasteiger partial charge in [0.05, 0.1) is 6.10 Å². The minimum Gasteiger partial charge on any atom is -0.392 e. The second-order valence-electron chi connectivity index (χ2n) is 5.13. The highest BCUT2D eigenvalue weighted by atomic mass is 16.3. The molecule has 0 aromatic carbocycles. The molecule has 16 heavy (non-hydrogen) atoms. The minimum absolute atomic E-state index is 0.270. The van der Waals surface area contributed by atoms with Crippen molar-refractivity contribution >= 4 is 5.91 Å². The topological polar surface area (TPSA) is 43.8 Å². The zero-order valence-corrected chi connectivity index (χ0v) is 10.6. The molecule has 1 rings (SSSR count). The molecule has 1 aliphatic rings. The van der Waals surface area contributed by atoms with Crippen molar-refractivity contribution in [3.8, 4) is 0 Å². The summed E-state index contributed by atoms with van der Waals surface area (Å²) in [6, 6.07) is 0. The first kappa shape index (κ1) is 13.5. The van der Waals surface area contributed by atoms with Gasteiger partial charge in [-0.25, -0.2) is 0 Å². The van der Waals surface area contributed by atoms with E-state index in [-0.39, 0.29) is 12.0 Å². The van der Waals surface area contributed by atoms with Gasteiger partial charge in [0, 0.05) is 39.1 Å². The molecule has 1 unspecified atom stereocenters. The Morgan fingerprint density at radius 2 is 1.75 bits per heavy atom. The third-order valence-electron chi connectivity index (χ3n) is 2.83. The fourth-order valence-corrected chi connectivity index (χ4v) is 2.03. The van der Waals surface area contributed by atoms with Gasteiger partial charge in [-0.15, -0.1) is 0 Å². The summed E-state index contributed by atoms with van der Waals surface area (Å²) in [5.74, 6) is 0.703. The molecule has 0 saturated carbocycles. The fraction of sp³-hybridized carbons (Fsp3) is 0.917. The van der Waals surface area contributed by atoms with E-state index < -0.39 is 0 Å². The molecule has 1 N–H and O–H groups in total. The summed E-state index contributed by atoms with van der Waals surface area (Å²) in [5.41, 5.74) is 0. The predicted octanol–water partition coefficient (Wildman–Crippen LogP) is 0.557. The first-order valence-electron chi connectivity index (χ1n) is 6.17.